The Morgan fingerprint density at radius 3 is 3.06 bits per heavy atom. The van der Waals surface area contributed by atoms with Crippen molar-refractivity contribution in [3.05, 3.63) is 30.0 Å². The van der Waals surface area contributed by atoms with E-state index in [-0.39, 0.29) is 11.9 Å². The van der Waals surface area contributed by atoms with Gasteiger partial charge in [-0.3, -0.25) is 4.40 Å². The number of pyridine rings is 1. The van der Waals surface area contributed by atoms with E-state index in [0.29, 0.717) is 5.65 Å². The van der Waals surface area contributed by atoms with Crippen LogP contribution in [0.4, 0.5) is 4.39 Å². The third-order valence-corrected chi connectivity index (χ3v) is 2.75. The van der Waals surface area contributed by atoms with Gasteiger partial charge in [-0.05, 0) is 12.1 Å². The molecule has 3 rings (SSSR count). The molecule has 0 radical (unpaired) electrons. The van der Waals surface area contributed by atoms with Crippen molar-refractivity contribution in [2.24, 2.45) is 0 Å². The molecule has 0 saturated carbocycles. The molecule has 3 heterocycles. The molecule has 0 spiro atoms. The molecule has 1 atom stereocenters. The lowest BCUT2D eigenvalue weighted by molar-refractivity contribution is 0.412. The third-order valence-electron chi connectivity index (χ3n) is 2.75. The number of fused-ring (bicyclic) bond motifs is 1. The summed E-state index contributed by atoms with van der Waals surface area (Å²) in [6.45, 7) is 2.62. The summed E-state index contributed by atoms with van der Waals surface area (Å²) in [4.78, 5) is 0. The van der Waals surface area contributed by atoms with Gasteiger partial charge in [0.15, 0.2) is 11.5 Å². The van der Waals surface area contributed by atoms with Crippen molar-refractivity contribution in [2.45, 2.75) is 6.04 Å². The molecule has 2 aromatic heterocycles. The van der Waals surface area contributed by atoms with Crippen LogP contribution in [-0.4, -0.2) is 34.2 Å². The second-order valence-electron chi connectivity index (χ2n) is 3.84. The number of nitrogens with one attached hydrogen (secondary N) is 2. The zero-order valence-corrected chi connectivity index (χ0v) is 8.65. The van der Waals surface area contributed by atoms with E-state index in [4.69, 9.17) is 0 Å². The van der Waals surface area contributed by atoms with E-state index in [1.165, 1.54) is 12.3 Å². The predicted molar refractivity (Wildman–Crippen MR) is 56.6 cm³/mol. The van der Waals surface area contributed by atoms with Crippen molar-refractivity contribution in [3.63, 3.8) is 0 Å². The van der Waals surface area contributed by atoms with Gasteiger partial charge in [-0.25, -0.2) is 4.39 Å². The highest BCUT2D eigenvalue weighted by atomic mass is 19.1. The number of hydrogen-bond donors (Lipinski definition) is 2. The molecule has 0 amide bonds. The van der Waals surface area contributed by atoms with Crippen LogP contribution in [0.15, 0.2) is 18.3 Å². The fourth-order valence-corrected chi connectivity index (χ4v) is 1.96. The van der Waals surface area contributed by atoms with E-state index < -0.39 is 0 Å². The van der Waals surface area contributed by atoms with Gasteiger partial charge in [0.25, 0.3) is 0 Å². The quantitative estimate of drug-likeness (QED) is 0.717. The standard InChI is InChI=1S/C10H12FN5/c11-7-1-2-9-14-15-10(16(9)6-7)8-5-12-3-4-13-8/h1-2,6,8,12-13H,3-5H2/t8-/m0/s1. The average molecular weight is 221 g/mol. The van der Waals surface area contributed by atoms with E-state index in [0.717, 1.165) is 25.5 Å². The van der Waals surface area contributed by atoms with Gasteiger partial charge in [-0.2, -0.15) is 0 Å². The summed E-state index contributed by atoms with van der Waals surface area (Å²) in [6.07, 6.45) is 1.42. The summed E-state index contributed by atoms with van der Waals surface area (Å²) in [5, 5.41) is 14.7. The van der Waals surface area contributed by atoms with Crippen molar-refractivity contribution in [3.8, 4) is 0 Å². The van der Waals surface area contributed by atoms with Gasteiger partial charge < -0.3 is 10.6 Å². The normalized spacial score (nSPS) is 21.4. The Kier molecular flexibility index (Phi) is 2.30. The highest BCUT2D eigenvalue weighted by Gasteiger charge is 2.19. The summed E-state index contributed by atoms with van der Waals surface area (Å²) in [6, 6.07) is 3.10. The SMILES string of the molecule is Fc1ccc2nnc([C@@H]3CNCCN3)n2c1. The van der Waals surface area contributed by atoms with Crippen molar-refractivity contribution in [1.82, 2.24) is 25.2 Å². The van der Waals surface area contributed by atoms with Crippen LogP contribution in [0.3, 0.4) is 0 Å². The van der Waals surface area contributed by atoms with E-state index >= 15 is 0 Å². The lowest BCUT2D eigenvalue weighted by Gasteiger charge is -2.22. The molecule has 5 nitrogen and oxygen atoms in total. The number of piperazine rings is 1. The Morgan fingerprint density at radius 1 is 1.31 bits per heavy atom. The van der Waals surface area contributed by atoms with Crippen LogP contribution in [-0.2, 0) is 0 Å². The topological polar surface area (TPSA) is 54.2 Å². The Labute approximate surface area is 91.7 Å². The van der Waals surface area contributed by atoms with Gasteiger partial charge >= 0.3 is 0 Å². The smallest absolute Gasteiger partial charge is 0.160 e. The molecule has 0 aromatic carbocycles. The number of nitrogens with zero attached hydrogens (tertiary/aromatic N) is 3. The van der Waals surface area contributed by atoms with E-state index in [9.17, 15) is 4.39 Å². The minimum Gasteiger partial charge on any atom is -0.313 e. The van der Waals surface area contributed by atoms with Crippen molar-refractivity contribution < 1.29 is 4.39 Å². The monoisotopic (exact) mass is 221 g/mol. The number of halogens is 1. The minimum atomic E-state index is -0.280. The number of hydrogen-bond acceptors (Lipinski definition) is 4. The average Bonchev–Trinajstić information content (AvgIpc) is 2.73. The summed E-state index contributed by atoms with van der Waals surface area (Å²) >= 11 is 0. The summed E-state index contributed by atoms with van der Waals surface area (Å²) in [7, 11) is 0. The second-order valence-corrected chi connectivity index (χ2v) is 3.84. The summed E-state index contributed by atoms with van der Waals surface area (Å²) in [5.74, 6) is 0.471. The van der Waals surface area contributed by atoms with Crippen molar-refractivity contribution >= 4 is 5.65 Å². The van der Waals surface area contributed by atoms with Crippen LogP contribution in [0.5, 0.6) is 0 Å². The van der Waals surface area contributed by atoms with E-state index in [1.54, 1.807) is 10.5 Å². The van der Waals surface area contributed by atoms with Gasteiger partial charge in [0.2, 0.25) is 0 Å². The van der Waals surface area contributed by atoms with Gasteiger partial charge in [0, 0.05) is 25.8 Å². The van der Waals surface area contributed by atoms with Crippen molar-refractivity contribution in [1.29, 1.82) is 0 Å². The Hall–Kier alpha value is -1.53. The molecule has 2 aromatic rings. The maximum Gasteiger partial charge on any atom is 0.160 e. The zero-order valence-electron chi connectivity index (χ0n) is 8.65. The molecule has 1 fully saturated rings. The van der Waals surface area contributed by atoms with Crippen LogP contribution in [0, 0.1) is 5.82 Å². The third kappa shape index (κ3) is 1.56. The van der Waals surface area contributed by atoms with Gasteiger partial charge in [0.1, 0.15) is 5.82 Å². The van der Waals surface area contributed by atoms with Crippen LogP contribution in [0.1, 0.15) is 11.9 Å². The Bertz CT molecular complexity index is 503. The first-order valence-corrected chi connectivity index (χ1v) is 5.29. The Balaban J connectivity index is 2.05. The fourth-order valence-electron chi connectivity index (χ4n) is 1.96. The van der Waals surface area contributed by atoms with Crippen LogP contribution in [0.25, 0.3) is 5.65 Å². The molecule has 2 N–H and O–H groups in total. The second kappa shape index (κ2) is 3.80. The summed E-state index contributed by atoms with van der Waals surface area (Å²) in [5.41, 5.74) is 0.670. The van der Waals surface area contributed by atoms with Crippen LogP contribution >= 0.6 is 0 Å². The van der Waals surface area contributed by atoms with E-state index in [2.05, 4.69) is 20.8 Å². The number of rotatable bonds is 1. The predicted octanol–water partition coefficient (Wildman–Crippen LogP) is 0.102. The highest BCUT2D eigenvalue weighted by molar-refractivity contribution is 5.38. The zero-order chi connectivity index (χ0) is 11.0. The lowest BCUT2D eigenvalue weighted by atomic mass is 10.2. The molecule has 1 aliphatic rings. The molecule has 16 heavy (non-hydrogen) atoms. The van der Waals surface area contributed by atoms with Crippen LogP contribution < -0.4 is 10.6 Å². The maximum atomic E-state index is 13.1. The molecule has 0 bridgehead atoms. The number of aromatic nitrogens is 3. The van der Waals surface area contributed by atoms with E-state index in [1.807, 2.05) is 0 Å². The maximum absolute atomic E-state index is 13.1. The molecule has 0 aliphatic carbocycles. The van der Waals surface area contributed by atoms with Crippen LogP contribution in [0.2, 0.25) is 0 Å². The summed E-state index contributed by atoms with van der Waals surface area (Å²) < 4.78 is 14.8. The largest absolute Gasteiger partial charge is 0.313 e. The first kappa shape index (κ1) is 9.68. The molecular weight excluding hydrogens is 209 g/mol. The highest BCUT2D eigenvalue weighted by Crippen LogP contribution is 2.13. The Morgan fingerprint density at radius 2 is 2.25 bits per heavy atom. The van der Waals surface area contributed by atoms with Gasteiger partial charge in [-0.15, -0.1) is 10.2 Å². The van der Waals surface area contributed by atoms with Gasteiger partial charge in [0.05, 0.1) is 6.04 Å². The lowest BCUT2D eigenvalue weighted by Crippen LogP contribution is -2.43. The minimum absolute atomic E-state index is 0.0885. The fraction of sp³-hybridized carbons (Fsp3) is 0.400. The molecule has 6 heteroatoms. The first-order chi connectivity index (χ1) is 7.84. The molecule has 0 unspecified atom stereocenters. The van der Waals surface area contributed by atoms with Crippen molar-refractivity contribution in [2.75, 3.05) is 19.6 Å². The molecule has 1 aliphatic heterocycles. The molecule has 1 saturated heterocycles. The molecular formula is C10H12FN5. The van der Waals surface area contributed by atoms with Gasteiger partial charge in [-0.1, -0.05) is 0 Å². The molecule has 84 valence electrons. The first-order valence-electron chi connectivity index (χ1n) is 5.29.